The Kier molecular flexibility index (Phi) is 5.70. The molecule has 2 amide bonds. The molecule has 24 heavy (non-hydrogen) atoms. The number of likely N-dealkylation sites (tertiary alicyclic amines) is 1. The van der Waals surface area contributed by atoms with E-state index in [-0.39, 0.29) is 11.7 Å². The average Bonchev–Trinajstić information content (AvgIpc) is 2.97. The van der Waals surface area contributed by atoms with Gasteiger partial charge in [-0.05, 0) is 57.7 Å². The van der Waals surface area contributed by atoms with Crippen LogP contribution in [0.4, 0.5) is 4.79 Å². The van der Waals surface area contributed by atoms with Crippen molar-refractivity contribution in [1.82, 2.24) is 10.2 Å². The monoisotopic (exact) mass is 334 g/mol. The minimum absolute atomic E-state index is 0.142. The molecule has 2 N–H and O–H groups in total. The standard InChI is InChI=1S/C18H26N2O4/c1-18(2,3)24-17(23)20-12-4-5-15(20)16(22)19-11-10-13-6-8-14(21)9-7-13/h6-9,15,21H,4-5,10-12H2,1-3H3,(H,19,22)/t15-/m0/s1. The van der Waals surface area contributed by atoms with Gasteiger partial charge in [0, 0.05) is 13.1 Å². The average molecular weight is 334 g/mol. The summed E-state index contributed by atoms with van der Waals surface area (Å²) in [5.74, 6) is 0.0823. The molecule has 1 saturated heterocycles. The number of hydrogen-bond donors (Lipinski definition) is 2. The van der Waals surface area contributed by atoms with Gasteiger partial charge in [0.1, 0.15) is 17.4 Å². The van der Waals surface area contributed by atoms with Crippen LogP contribution in [0.3, 0.4) is 0 Å². The predicted molar refractivity (Wildman–Crippen MR) is 90.8 cm³/mol. The van der Waals surface area contributed by atoms with Gasteiger partial charge in [0.2, 0.25) is 5.91 Å². The minimum Gasteiger partial charge on any atom is -0.508 e. The lowest BCUT2D eigenvalue weighted by molar-refractivity contribution is -0.125. The van der Waals surface area contributed by atoms with Gasteiger partial charge >= 0.3 is 6.09 Å². The number of amides is 2. The van der Waals surface area contributed by atoms with E-state index in [9.17, 15) is 14.7 Å². The fraction of sp³-hybridized carbons (Fsp3) is 0.556. The first-order chi connectivity index (χ1) is 11.3. The van der Waals surface area contributed by atoms with Crippen molar-refractivity contribution in [1.29, 1.82) is 0 Å². The van der Waals surface area contributed by atoms with Crippen LogP contribution < -0.4 is 5.32 Å². The molecule has 0 bridgehead atoms. The molecule has 0 radical (unpaired) electrons. The summed E-state index contributed by atoms with van der Waals surface area (Å²) >= 11 is 0. The molecule has 2 rings (SSSR count). The molecule has 6 heteroatoms. The molecule has 6 nitrogen and oxygen atoms in total. The van der Waals surface area contributed by atoms with Gasteiger partial charge < -0.3 is 15.2 Å². The van der Waals surface area contributed by atoms with Crippen LogP contribution >= 0.6 is 0 Å². The molecule has 1 aromatic carbocycles. The molecule has 1 aromatic rings. The number of nitrogens with one attached hydrogen (secondary N) is 1. The highest BCUT2D eigenvalue weighted by Gasteiger charge is 2.36. The summed E-state index contributed by atoms with van der Waals surface area (Å²) in [5, 5.41) is 12.1. The van der Waals surface area contributed by atoms with Gasteiger partial charge in [-0.15, -0.1) is 0 Å². The van der Waals surface area contributed by atoms with Crippen LogP contribution in [0.15, 0.2) is 24.3 Å². The summed E-state index contributed by atoms with van der Waals surface area (Å²) in [7, 11) is 0. The second-order valence-corrected chi connectivity index (χ2v) is 7.04. The first kappa shape index (κ1) is 18.1. The number of hydrogen-bond acceptors (Lipinski definition) is 4. The highest BCUT2D eigenvalue weighted by atomic mass is 16.6. The number of phenolic OH excluding ortho intramolecular Hbond substituents is 1. The van der Waals surface area contributed by atoms with Crippen molar-refractivity contribution in [2.75, 3.05) is 13.1 Å². The van der Waals surface area contributed by atoms with Crippen molar-refractivity contribution in [3.05, 3.63) is 29.8 Å². The Morgan fingerprint density at radius 2 is 1.96 bits per heavy atom. The second kappa shape index (κ2) is 7.55. The number of benzene rings is 1. The van der Waals surface area contributed by atoms with Crippen molar-refractivity contribution < 1.29 is 19.4 Å². The zero-order valence-electron chi connectivity index (χ0n) is 14.5. The molecule has 0 unspecified atom stereocenters. The number of rotatable bonds is 4. The van der Waals surface area contributed by atoms with Gasteiger partial charge in [0.05, 0.1) is 0 Å². The van der Waals surface area contributed by atoms with Gasteiger partial charge in [-0.25, -0.2) is 4.79 Å². The Bertz CT molecular complexity index is 578. The molecule has 0 aliphatic carbocycles. The van der Waals surface area contributed by atoms with Crippen LogP contribution in [0, 0.1) is 0 Å². The zero-order chi connectivity index (χ0) is 17.7. The number of aromatic hydroxyl groups is 1. The molecule has 1 aliphatic heterocycles. The van der Waals surface area contributed by atoms with Crippen molar-refractivity contribution >= 4 is 12.0 Å². The van der Waals surface area contributed by atoms with Gasteiger partial charge in [-0.2, -0.15) is 0 Å². The van der Waals surface area contributed by atoms with Crippen LogP contribution in [-0.4, -0.2) is 46.7 Å². The lowest BCUT2D eigenvalue weighted by Crippen LogP contribution is -2.47. The SMILES string of the molecule is CC(C)(C)OC(=O)N1CCC[C@H]1C(=O)NCCc1ccc(O)cc1. The second-order valence-electron chi connectivity index (χ2n) is 7.04. The van der Waals surface area contributed by atoms with Crippen LogP contribution in [0.1, 0.15) is 39.2 Å². The molecular weight excluding hydrogens is 308 g/mol. The van der Waals surface area contributed by atoms with Crippen molar-refractivity contribution in [3.8, 4) is 5.75 Å². The first-order valence-corrected chi connectivity index (χ1v) is 8.31. The van der Waals surface area contributed by atoms with Crippen LogP contribution in [-0.2, 0) is 16.0 Å². The molecule has 132 valence electrons. The maximum atomic E-state index is 12.4. The van der Waals surface area contributed by atoms with Gasteiger partial charge in [0.25, 0.3) is 0 Å². The van der Waals surface area contributed by atoms with E-state index in [4.69, 9.17) is 4.74 Å². The number of nitrogens with zero attached hydrogens (tertiary/aromatic N) is 1. The van der Waals surface area contributed by atoms with Crippen LogP contribution in [0.25, 0.3) is 0 Å². The highest BCUT2D eigenvalue weighted by Crippen LogP contribution is 2.21. The summed E-state index contributed by atoms with van der Waals surface area (Å²) in [4.78, 5) is 26.1. The number of phenols is 1. The number of ether oxygens (including phenoxy) is 1. The van der Waals surface area contributed by atoms with E-state index in [1.54, 1.807) is 12.1 Å². The maximum absolute atomic E-state index is 12.4. The number of carbonyl (C=O) groups excluding carboxylic acids is 2. The molecule has 1 fully saturated rings. The van der Waals surface area contributed by atoms with E-state index in [1.165, 1.54) is 4.90 Å². The molecule has 0 aromatic heterocycles. The predicted octanol–water partition coefficient (Wildman–Crippen LogP) is 2.45. The lowest BCUT2D eigenvalue weighted by Gasteiger charge is -2.28. The van der Waals surface area contributed by atoms with Crippen LogP contribution in [0.2, 0.25) is 0 Å². The minimum atomic E-state index is -0.570. The lowest BCUT2D eigenvalue weighted by atomic mass is 10.1. The zero-order valence-corrected chi connectivity index (χ0v) is 14.5. The fourth-order valence-corrected chi connectivity index (χ4v) is 2.69. The Labute approximate surface area is 142 Å². The fourth-order valence-electron chi connectivity index (χ4n) is 2.69. The highest BCUT2D eigenvalue weighted by molar-refractivity contribution is 5.86. The van der Waals surface area contributed by atoms with Gasteiger partial charge in [0.15, 0.2) is 0 Å². The Morgan fingerprint density at radius 1 is 1.29 bits per heavy atom. The van der Waals surface area contributed by atoms with E-state index in [0.29, 0.717) is 25.9 Å². The smallest absolute Gasteiger partial charge is 0.410 e. The van der Waals surface area contributed by atoms with E-state index >= 15 is 0 Å². The van der Waals surface area contributed by atoms with Gasteiger partial charge in [-0.1, -0.05) is 12.1 Å². The van der Waals surface area contributed by atoms with E-state index in [2.05, 4.69) is 5.32 Å². The molecule has 0 saturated carbocycles. The normalized spacial score (nSPS) is 17.6. The van der Waals surface area contributed by atoms with Crippen molar-refractivity contribution in [3.63, 3.8) is 0 Å². The molecular formula is C18H26N2O4. The molecule has 1 aliphatic rings. The summed E-state index contributed by atoms with van der Waals surface area (Å²) < 4.78 is 5.37. The molecule has 1 heterocycles. The quantitative estimate of drug-likeness (QED) is 0.886. The summed E-state index contributed by atoms with van der Waals surface area (Å²) in [5.41, 5.74) is 0.461. The topological polar surface area (TPSA) is 78.9 Å². The Morgan fingerprint density at radius 3 is 2.58 bits per heavy atom. The van der Waals surface area contributed by atoms with E-state index < -0.39 is 17.7 Å². The summed E-state index contributed by atoms with van der Waals surface area (Å²) in [6.45, 7) is 6.47. The summed E-state index contributed by atoms with van der Waals surface area (Å²) in [6, 6.07) is 6.44. The third kappa shape index (κ3) is 5.15. The third-order valence-electron chi connectivity index (χ3n) is 3.83. The largest absolute Gasteiger partial charge is 0.508 e. The molecule has 0 spiro atoms. The number of carbonyl (C=O) groups is 2. The van der Waals surface area contributed by atoms with E-state index in [1.807, 2.05) is 32.9 Å². The van der Waals surface area contributed by atoms with Crippen molar-refractivity contribution in [2.45, 2.75) is 51.7 Å². The van der Waals surface area contributed by atoms with Gasteiger partial charge in [-0.3, -0.25) is 9.69 Å². The third-order valence-corrected chi connectivity index (χ3v) is 3.83. The Balaban J connectivity index is 1.84. The first-order valence-electron chi connectivity index (χ1n) is 8.31. The van der Waals surface area contributed by atoms with E-state index in [0.717, 1.165) is 12.0 Å². The maximum Gasteiger partial charge on any atom is 0.410 e. The van der Waals surface area contributed by atoms with Crippen molar-refractivity contribution in [2.24, 2.45) is 0 Å². The summed E-state index contributed by atoms with van der Waals surface area (Å²) in [6.07, 6.45) is 1.70. The van der Waals surface area contributed by atoms with Crippen LogP contribution in [0.5, 0.6) is 5.75 Å². The Hall–Kier alpha value is -2.24. The molecule has 1 atom stereocenters.